The molecule has 0 bridgehead atoms. The molecule has 0 saturated carbocycles. The van der Waals surface area contributed by atoms with Crippen molar-refractivity contribution < 1.29 is 9.21 Å². The lowest BCUT2D eigenvalue weighted by atomic mass is 10.0. The summed E-state index contributed by atoms with van der Waals surface area (Å²) in [6.07, 6.45) is 1.56. The van der Waals surface area contributed by atoms with E-state index < -0.39 is 0 Å². The van der Waals surface area contributed by atoms with Gasteiger partial charge in [0.05, 0.1) is 6.04 Å². The molecule has 0 aliphatic carbocycles. The molecule has 1 N–H and O–H groups in total. The van der Waals surface area contributed by atoms with E-state index in [0.717, 1.165) is 24.4 Å². The van der Waals surface area contributed by atoms with E-state index >= 15 is 0 Å². The van der Waals surface area contributed by atoms with Gasteiger partial charge in [-0.05, 0) is 30.9 Å². The van der Waals surface area contributed by atoms with Crippen LogP contribution in [0.4, 0.5) is 0 Å². The van der Waals surface area contributed by atoms with Gasteiger partial charge in [0.2, 0.25) is 6.41 Å². The number of hydrogen-bond acceptors (Lipinski definition) is 2. The zero-order chi connectivity index (χ0) is 11.4. The monoisotopic (exact) mass is 209 g/mol. The van der Waals surface area contributed by atoms with Gasteiger partial charge in [0.15, 0.2) is 0 Å². The Morgan fingerprint density at radius 1 is 1.53 bits per heavy atom. The maximum absolute atomic E-state index is 10.4. The molecule has 1 unspecified atom stereocenters. The van der Waals surface area contributed by atoms with Gasteiger partial charge in [0, 0.05) is 0 Å². The minimum absolute atomic E-state index is 0.00583. The highest BCUT2D eigenvalue weighted by atomic mass is 16.3. The molecule has 1 aromatic heterocycles. The lowest BCUT2D eigenvalue weighted by Gasteiger charge is -2.09. The molecule has 1 aromatic rings. The van der Waals surface area contributed by atoms with Gasteiger partial charge in [0.25, 0.3) is 0 Å². The second kappa shape index (κ2) is 5.01. The molecule has 3 heteroatoms. The molecule has 0 radical (unpaired) electrons. The van der Waals surface area contributed by atoms with Gasteiger partial charge in [0.1, 0.15) is 11.5 Å². The smallest absolute Gasteiger partial charge is 0.207 e. The van der Waals surface area contributed by atoms with Gasteiger partial charge in [-0.2, -0.15) is 0 Å². The van der Waals surface area contributed by atoms with Crippen LogP contribution in [0.25, 0.3) is 0 Å². The standard InChI is InChI=1S/C12H19NO2/c1-5-11(13-7-14)12-6-10(8(2)3)9(4)15-12/h6-8,11H,5H2,1-4H3,(H,13,14). The lowest BCUT2D eigenvalue weighted by Crippen LogP contribution is -2.17. The molecule has 1 amide bonds. The predicted molar refractivity (Wildman–Crippen MR) is 59.8 cm³/mol. The van der Waals surface area contributed by atoms with Crippen molar-refractivity contribution in [3.05, 3.63) is 23.2 Å². The Kier molecular flexibility index (Phi) is 3.95. The first-order chi connectivity index (χ1) is 7.10. The van der Waals surface area contributed by atoms with Crippen LogP contribution in [0.2, 0.25) is 0 Å². The average molecular weight is 209 g/mol. The number of amides is 1. The largest absolute Gasteiger partial charge is 0.464 e. The molecular weight excluding hydrogens is 190 g/mol. The summed E-state index contributed by atoms with van der Waals surface area (Å²) in [6.45, 7) is 8.26. The molecule has 0 aromatic carbocycles. The van der Waals surface area contributed by atoms with E-state index in [1.54, 1.807) is 0 Å². The van der Waals surface area contributed by atoms with Crippen LogP contribution in [-0.2, 0) is 4.79 Å². The van der Waals surface area contributed by atoms with Crippen molar-refractivity contribution in [3.8, 4) is 0 Å². The normalized spacial score (nSPS) is 12.9. The maximum atomic E-state index is 10.4. The highest BCUT2D eigenvalue weighted by molar-refractivity contribution is 5.47. The fraction of sp³-hybridized carbons (Fsp3) is 0.583. The van der Waals surface area contributed by atoms with Crippen LogP contribution < -0.4 is 5.32 Å². The van der Waals surface area contributed by atoms with E-state index in [9.17, 15) is 4.79 Å². The number of carbonyl (C=O) groups is 1. The number of furan rings is 1. The van der Waals surface area contributed by atoms with Crippen molar-refractivity contribution in [1.29, 1.82) is 0 Å². The van der Waals surface area contributed by atoms with Gasteiger partial charge in [-0.25, -0.2) is 0 Å². The predicted octanol–water partition coefficient (Wildman–Crippen LogP) is 2.91. The molecule has 1 heterocycles. The first-order valence-electron chi connectivity index (χ1n) is 5.40. The zero-order valence-corrected chi connectivity index (χ0v) is 9.83. The summed E-state index contributed by atoms with van der Waals surface area (Å²) in [5, 5.41) is 2.75. The lowest BCUT2D eigenvalue weighted by molar-refractivity contribution is -0.110. The third-order valence-corrected chi connectivity index (χ3v) is 2.62. The van der Waals surface area contributed by atoms with Crippen LogP contribution in [0.5, 0.6) is 0 Å². The van der Waals surface area contributed by atoms with Gasteiger partial charge in [-0.1, -0.05) is 20.8 Å². The molecule has 3 nitrogen and oxygen atoms in total. The van der Waals surface area contributed by atoms with Crippen LogP contribution in [-0.4, -0.2) is 6.41 Å². The Morgan fingerprint density at radius 2 is 2.20 bits per heavy atom. The Bertz CT molecular complexity index is 328. The van der Waals surface area contributed by atoms with E-state index in [-0.39, 0.29) is 6.04 Å². The molecule has 0 aliphatic rings. The van der Waals surface area contributed by atoms with Gasteiger partial charge < -0.3 is 9.73 Å². The van der Waals surface area contributed by atoms with Crippen molar-refractivity contribution in [1.82, 2.24) is 5.32 Å². The van der Waals surface area contributed by atoms with Crippen molar-refractivity contribution in [2.75, 3.05) is 0 Å². The summed E-state index contributed by atoms with van der Waals surface area (Å²) in [4.78, 5) is 10.4. The third-order valence-electron chi connectivity index (χ3n) is 2.62. The summed E-state index contributed by atoms with van der Waals surface area (Å²) in [7, 11) is 0. The SMILES string of the molecule is CCC(NC=O)c1cc(C(C)C)c(C)o1. The van der Waals surface area contributed by atoms with Gasteiger partial charge in [-0.3, -0.25) is 4.79 Å². The molecular formula is C12H19NO2. The molecule has 84 valence electrons. The van der Waals surface area contributed by atoms with Gasteiger partial charge >= 0.3 is 0 Å². The first kappa shape index (κ1) is 11.8. The first-order valence-corrected chi connectivity index (χ1v) is 5.40. The number of aryl methyl sites for hydroxylation is 1. The minimum Gasteiger partial charge on any atom is -0.464 e. The van der Waals surface area contributed by atoms with E-state index in [0.29, 0.717) is 5.92 Å². The maximum Gasteiger partial charge on any atom is 0.207 e. The van der Waals surface area contributed by atoms with Crippen LogP contribution in [0.3, 0.4) is 0 Å². The molecule has 0 aliphatic heterocycles. The number of rotatable bonds is 5. The summed E-state index contributed by atoms with van der Waals surface area (Å²) < 4.78 is 5.66. The molecule has 1 atom stereocenters. The Balaban J connectivity index is 2.94. The van der Waals surface area contributed by atoms with Crippen molar-refractivity contribution >= 4 is 6.41 Å². The van der Waals surface area contributed by atoms with Crippen LogP contribution in [0, 0.1) is 6.92 Å². The van der Waals surface area contributed by atoms with Crippen LogP contribution in [0.1, 0.15) is 56.2 Å². The Labute approximate surface area is 90.9 Å². The van der Waals surface area contributed by atoms with E-state index in [1.165, 1.54) is 5.56 Å². The Morgan fingerprint density at radius 3 is 2.60 bits per heavy atom. The average Bonchev–Trinajstić information content (AvgIpc) is 2.56. The molecule has 15 heavy (non-hydrogen) atoms. The van der Waals surface area contributed by atoms with Crippen molar-refractivity contribution in [2.45, 2.75) is 46.1 Å². The Hall–Kier alpha value is -1.25. The number of hydrogen-bond donors (Lipinski definition) is 1. The minimum atomic E-state index is -0.00583. The summed E-state index contributed by atoms with van der Waals surface area (Å²) in [6, 6.07) is 2.04. The van der Waals surface area contributed by atoms with E-state index in [4.69, 9.17) is 4.42 Å². The fourth-order valence-electron chi connectivity index (χ4n) is 1.75. The van der Waals surface area contributed by atoms with E-state index in [2.05, 4.69) is 19.2 Å². The van der Waals surface area contributed by atoms with E-state index in [1.807, 2.05) is 19.9 Å². The quantitative estimate of drug-likeness (QED) is 0.758. The molecule has 0 saturated heterocycles. The number of nitrogens with one attached hydrogen (secondary N) is 1. The summed E-state index contributed by atoms with van der Waals surface area (Å²) >= 11 is 0. The molecule has 0 fully saturated rings. The van der Waals surface area contributed by atoms with Crippen molar-refractivity contribution in [3.63, 3.8) is 0 Å². The highest BCUT2D eigenvalue weighted by Crippen LogP contribution is 2.27. The molecule has 1 rings (SSSR count). The van der Waals surface area contributed by atoms with Crippen molar-refractivity contribution in [2.24, 2.45) is 0 Å². The van der Waals surface area contributed by atoms with Crippen LogP contribution in [0.15, 0.2) is 10.5 Å². The third kappa shape index (κ3) is 2.61. The number of carbonyl (C=O) groups excluding carboxylic acids is 1. The zero-order valence-electron chi connectivity index (χ0n) is 9.83. The second-order valence-electron chi connectivity index (χ2n) is 4.06. The highest BCUT2D eigenvalue weighted by Gasteiger charge is 2.16. The second-order valence-corrected chi connectivity index (χ2v) is 4.06. The topological polar surface area (TPSA) is 42.2 Å². The fourth-order valence-corrected chi connectivity index (χ4v) is 1.75. The van der Waals surface area contributed by atoms with Crippen LogP contribution >= 0.6 is 0 Å². The molecule has 0 spiro atoms. The summed E-state index contributed by atoms with van der Waals surface area (Å²) in [5.41, 5.74) is 1.22. The summed E-state index contributed by atoms with van der Waals surface area (Å²) in [5.74, 6) is 2.26. The van der Waals surface area contributed by atoms with Gasteiger partial charge in [-0.15, -0.1) is 0 Å².